The van der Waals surface area contributed by atoms with Gasteiger partial charge in [0.2, 0.25) is 0 Å². The molecule has 7 nitrogen and oxygen atoms in total. The number of rotatable bonds is 4. The van der Waals surface area contributed by atoms with Crippen LogP contribution >= 0.6 is 23.2 Å². The number of pyridine rings is 1. The lowest BCUT2D eigenvalue weighted by Gasteiger charge is -2.09. The molecule has 0 saturated carbocycles. The Kier molecular flexibility index (Phi) is 5.95. The topological polar surface area (TPSA) is 104 Å². The average molecular weight is 365 g/mol. The Morgan fingerprint density at radius 2 is 1.83 bits per heavy atom. The third-order valence-electron chi connectivity index (χ3n) is 2.70. The zero-order valence-corrected chi connectivity index (χ0v) is 13.6. The maximum absolute atomic E-state index is 11.9. The van der Waals surface area contributed by atoms with Gasteiger partial charge in [0, 0.05) is 0 Å². The van der Waals surface area contributed by atoms with E-state index in [2.05, 4.69) is 15.8 Å². The monoisotopic (exact) mass is 364 g/mol. The molecule has 1 aromatic carbocycles. The summed E-state index contributed by atoms with van der Waals surface area (Å²) in [5, 5.41) is 8.88. The molecular weight excluding hydrogens is 355 g/mol. The molecule has 1 aromatic heterocycles. The maximum Gasteiger partial charge on any atom is 0.289 e. The summed E-state index contributed by atoms with van der Waals surface area (Å²) in [5.41, 5.74) is 4.68. The number of nitrogens with zero attached hydrogens (tertiary/aromatic N) is 2. The second-order valence-corrected chi connectivity index (χ2v) is 5.19. The Labute approximate surface area is 147 Å². The van der Waals surface area contributed by atoms with Crippen LogP contribution in [0.1, 0.15) is 16.1 Å². The van der Waals surface area contributed by atoms with Gasteiger partial charge in [0.25, 0.3) is 11.8 Å². The first-order valence-corrected chi connectivity index (χ1v) is 7.29. The Hall–Kier alpha value is -2.82. The summed E-state index contributed by atoms with van der Waals surface area (Å²) in [7, 11) is 0. The van der Waals surface area contributed by atoms with Crippen LogP contribution in [0, 0.1) is 11.3 Å². The number of halogens is 2. The number of hydrazine groups is 1. The molecule has 122 valence electrons. The van der Waals surface area contributed by atoms with Crippen molar-refractivity contribution in [1.29, 1.82) is 5.26 Å². The third kappa shape index (κ3) is 4.84. The van der Waals surface area contributed by atoms with Crippen molar-refractivity contribution < 1.29 is 14.3 Å². The van der Waals surface area contributed by atoms with Crippen molar-refractivity contribution in [1.82, 2.24) is 15.8 Å². The van der Waals surface area contributed by atoms with Crippen LogP contribution in [0.2, 0.25) is 10.2 Å². The van der Waals surface area contributed by atoms with Gasteiger partial charge in [-0.25, -0.2) is 4.98 Å². The lowest BCUT2D eigenvalue weighted by atomic mass is 10.2. The lowest BCUT2D eigenvalue weighted by Crippen LogP contribution is -2.44. The van der Waals surface area contributed by atoms with Gasteiger partial charge < -0.3 is 4.74 Å². The van der Waals surface area contributed by atoms with Gasteiger partial charge in [0.15, 0.2) is 6.61 Å². The standard InChI is InChI=1S/C15H10Cl2N4O3/c16-11-5-6-12(17)19-14(11)15(23)21-20-13(22)8-24-10-3-1-9(7-18)2-4-10/h1-6H,8H2,(H,20,22)(H,21,23). The molecule has 9 heteroatoms. The summed E-state index contributed by atoms with van der Waals surface area (Å²) in [6, 6.07) is 11.0. The number of amides is 2. The highest BCUT2D eigenvalue weighted by molar-refractivity contribution is 6.34. The number of nitriles is 1. The molecule has 0 bridgehead atoms. The van der Waals surface area contributed by atoms with Gasteiger partial charge in [-0.1, -0.05) is 23.2 Å². The summed E-state index contributed by atoms with van der Waals surface area (Å²) in [6.07, 6.45) is 0. The summed E-state index contributed by atoms with van der Waals surface area (Å²) < 4.78 is 5.21. The van der Waals surface area contributed by atoms with Gasteiger partial charge >= 0.3 is 0 Å². The molecule has 0 aliphatic heterocycles. The smallest absolute Gasteiger partial charge is 0.289 e. The molecule has 0 saturated heterocycles. The molecule has 0 atom stereocenters. The number of carbonyl (C=O) groups is 2. The van der Waals surface area contributed by atoms with Crippen LogP contribution in [0.3, 0.4) is 0 Å². The van der Waals surface area contributed by atoms with Crippen LogP contribution in [0.15, 0.2) is 36.4 Å². The largest absolute Gasteiger partial charge is 0.484 e. The van der Waals surface area contributed by atoms with E-state index in [-0.39, 0.29) is 22.5 Å². The number of hydrogen-bond acceptors (Lipinski definition) is 5. The molecule has 0 fully saturated rings. The minimum Gasteiger partial charge on any atom is -0.484 e. The molecule has 0 spiro atoms. The molecule has 0 aliphatic carbocycles. The molecule has 0 aliphatic rings. The Morgan fingerprint density at radius 3 is 2.50 bits per heavy atom. The highest BCUT2D eigenvalue weighted by Gasteiger charge is 2.14. The molecule has 1 heterocycles. The average Bonchev–Trinajstić information content (AvgIpc) is 2.60. The minimum atomic E-state index is -0.714. The number of aromatic nitrogens is 1. The first-order valence-electron chi connectivity index (χ1n) is 6.54. The van der Waals surface area contributed by atoms with Crippen LogP contribution < -0.4 is 15.6 Å². The van der Waals surface area contributed by atoms with Gasteiger partial charge in [-0.2, -0.15) is 5.26 Å². The lowest BCUT2D eigenvalue weighted by molar-refractivity contribution is -0.123. The van der Waals surface area contributed by atoms with Crippen molar-refractivity contribution in [2.75, 3.05) is 6.61 Å². The first kappa shape index (κ1) is 17.5. The molecule has 0 unspecified atom stereocenters. The first-order chi connectivity index (χ1) is 11.5. The van der Waals surface area contributed by atoms with E-state index < -0.39 is 11.8 Å². The van der Waals surface area contributed by atoms with Gasteiger partial charge in [-0.3, -0.25) is 20.4 Å². The van der Waals surface area contributed by atoms with E-state index in [1.807, 2.05) is 6.07 Å². The fourth-order valence-corrected chi connectivity index (χ4v) is 1.91. The van der Waals surface area contributed by atoms with Crippen molar-refractivity contribution in [3.8, 4) is 11.8 Å². The summed E-state index contributed by atoms with van der Waals surface area (Å²) in [4.78, 5) is 27.3. The molecule has 24 heavy (non-hydrogen) atoms. The van der Waals surface area contributed by atoms with E-state index in [1.165, 1.54) is 12.1 Å². The molecule has 2 N–H and O–H groups in total. The number of nitrogens with one attached hydrogen (secondary N) is 2. The van der Waals surface area contributed by atoms with E-state index in [9.17, 15) is 9.59 Å². The zero-order valence-electron chi connectivity index (χ0n) is 12.0. The fourth-order valence-electron chi connectivity index (χ4n) is 1.57. The van der Waals surface area contributed by atoms with Gasteiger partial charge in [0.1, 0.15) is 16.6 Å². The maximum atomic E-state index is 11.9. The predicted octanol–water partition coefficient (Wildman–Crippen LogP) is 2.10. The molecule has 0 radical (unpaired) electrons. The number of carbonyl (C=O) groups excluding carboxylic acids is 2. The van der Waals surface area contributed by atoms with Crippen molar-refractivity contribution in [2.24, 2.45) is 0 Å². The van der Waals surface area contributed by atoms with Crippen LogP contribution in [-0.2, 0) is 4.79 Å². The molecule has 2 amide bonds. The van der Waals surface area contributed by atoms with Crippen molar-refractivity contribution >= 4 is 35.0 Å². The molecule has 2 rings (SSSR count). The second-order valence-electron chi connectivity index (χ2n) is 4.39. The van der Waals surface area contributed by atoms with Crippen molar-refractivity contribution in [3.63, 3.8) is 0 Å². The number of ether oxygens (including phenoxy) is 1. The predicted molar refractivity (Wildman–Crippen MR) is 86.5 cm³/mol. The van der Waals surface area contributed by atoms with Gasteiger partial charge in [-0.15, -0.1) is 0 Å². The third-order valence-corrected chi connectivity index (χ3v) is 3.21. The van der Waals surface area contributed by atoms with E-state index in [4.69, 9.17) is 33.2 Å². The van der Waals surface area contributed by atoms with Crippen LogP contribution in [0.25, 0.3) is 0 Å². The van der Waals surface area contributed by atoms with E-state index in [1.54, 1.807) is 24.3 Å². The Morgan fingerprint density at radius 1 is 1.12 bits per heavy atom. The summed E-state index contributed by atoms with van der Waals surface area (Å²) in [5.74, 6) is -0.893. The zero-order chi connectivity index (χ0) is 17.5. The normalized spacial score (nSPS) is 9.71. The van der Waals surface area contributed by atoms with E-state index in [0.29, 0.717) is 11.3 Å². The summed E-state index contributed by atoms with van der Waals surface area (Å²) in [6.45, 7) is -0.330. The highest BCUT2D eigenvalue weighted by atomic mass is 35.5. The van der Waals surface area contributed by atoms with Gasteiger partial charge in [-0.05, 0) is 36.4 Å². The number of hydrogen-bond donors (Lipinski definition) is 2. The van der Waals surface area contributed by atoms with Crippen molar-refractivity contribution in [3.05, 3.63) is 57.8 Å². The summed E-state index contributed by atoms with van der Waals surface area (Å²) >= 11 is 11.5. The van der Waals surface area contributed by atoms with Crippen LogP contribution in [-0.4, -0.2) is 23.4 Å². The number of benzene rings is 1. The van der Waals surface area contributed by atoms with Crippen LogP contribution in [0.5, 0.6) is 5.75 Å². The van der Waals surface area contributed by atoms with Crippen LogP contribution in [0.4, 0.5) is 0 Å². The highest BCUT2D eigenvalue weighted by Crippen LogP contribution is 2.16. The SMILES string of the molecule is N#Cc1ccc(OCC(=O)NNC(=O)c2nc(Cl)ccc2Cl)cc1. The Bertz CT molecular complexity index is 803. The molecular formula is C15H10Cl2N4O3. The quantitative estimate of drug-likeness (QED) is 0.638. The van der Waals surface area contributed by atoms with Gasteiger partial charge in [0.05, 0.1) is 16.7 Å². The molecule has 2 aromatic rings. The van der Waals surface area contributed by atoms with E-state index in [0.717, 1.165) is 0 Å². The van der Waals surface area contributed by atoms with Crippen molar-refractivity contribution in [2.45, 2.75) is 0 Å². The fraction of sp³-hybridized carbons (Fsp3) is 0.0667. The second kappa shape index (κ2) is 8.15. The minimum absolute atomic E-state index is 0.0972. The van der Waals surface area contributed by atoms with E-state index >= 15 is 0 Å². The Balaban J connectivity index is 1.83.